The average molecular weight is 408 g/mol. The lowest BCUT2D eigenvalue weighted by atomic mass is 10.1. The highest BCUT2D eigenvalue weighted by molar-refractivity contribution is 6.09. The fourth-order valence-corrected chi connectivity index (χ4v) is 3.43. The second-order valence-corrected chi connectivity index (χ2v) is 7.12. The molecular formula is C22H24N4O4. The number of carbonyl (C=O) groups excluding carboxylic acids is 1. The molecule has 0 spiro atoms. The Balaban J connectivity index is 1.94. The lowest BCUT2D eigenvalue weighted by molar-refractivity contribution is -0.384. The minimum absolute atomic E-state index is 0.0614. The highest BCUT2D eigenvalue weighted by atomic mass is 16.6. The number of anilines is 2. The second-order valence-electron chi connectivity index (χ2n) is 7.12. The maximum absolute atomic E-state index is 13.0. The van der Waals surface area contributed by atoms with Gasteiger partial charge >= 0.3 is 0 Å². The predicted molar refractivity (Wildman–Crippen MR) is 116 cm³/mol. The first-order valence-electron chi connectivity index (χ1n) is 9.71. The summed E-state index contributed by atoms with van der Waals surface area (Å²) in [6, 6.07) is 14.0. The van der Waals surface area contributed by atoms with Crippen LogP contribution in [0, 0.1) is 17.0 Å². The highest BCUT2D eigenvalue weighted by Gasteiger charge is 2.24. The summed E-state index contributed by atoms with van der Waals surface area (Å²) in [5.41, 5.74) is 2.25. The molecule has 30 heavy (non-hydrogen) atoms. The molecule has 3 aromatic rings. The molecule has 156 valence electrons. The Labute approximate surface area is 174 Å². The van der Waals surface area contributed by atoms with Crippen LogP contribution in [-0.2, 0) is 0 Å². The van der Waals surface area contributed by atoms with Crippen molar-refractivity contribution in [1.82, 2.24) is 5.16 Å². The third-order valence-electron chi connectivity index (χ3n) is 4.84. The summed E-state index contributed by atoms with van der Waals surface area (Å²) in [5.74, 6) is -0.0692. The van der Waals surface area contributed by atoms with Gasteiger partial charge in [0, 0.05) is 29.9 Å². The van der Waals surface area contributed by atoms with Gasteiger partial charge in [-0.1, -0.05) is 35.5 Å². The SMILES string of the molecule is CCN(c1ccc(NC(=O)c2c(-c3ccccc3)noc2C)cc1[N+](=O)[O-])C(C)C. The minimum atomic E-state index is -0.439. The van der Waals surface area contributed by atoms with Crippen molar-refractivity contribution in [3.05, 3.63) is 70.0 Å². The van der Waals surface area contributed by atoms with E-state index in [0.29, 0.717) is 34.9 Å². The summed E-state index contributed by atoms with van der Waals surface area (Å²) >= 11 is 0. The molecule has 1 amide bonds. The van der Waals surface area contributed by atoms with Crippen LogP contribution in [0.4, 0.5) is 17.1 Å². The molecule has 0 aliphatic heterocycles. The van der Waals surface area contributed by atoms with Crippen molar-refractivity contribution >= 4 is 23.0 Å². The Kier molecular flexibility index (Phi) is 6.15. The van der Waals surface area contributed by atoms with Crippen LogP contribution in [0.2, 0.25) is 0 Å². The lowest BCUT2D eigenvalue weighted by Gasteiger charge is -2.27. The third kappa shape index (κ3) is 4.17. The molecule has 0 radical (unpaired) electrons. The molecule has 1 N–H and O–H groups in total. The van der Waals surface area contributed by atoms with Crippen LogP contribution in [0.5, 0.6) is 0 Å². The van der Waals surface area contributed by atoms with Gasteiger partial charge in [-0.3, -0.25) is 14.9 Å². The summed E-state index contributed by atoms with van der Waals surface area (Å²) in [5, 5.41) is 18.4. The molecule has 0 aliphatic carbocycles. The Morgan fingerprint density at radius 2 is 1.93 bits per heavy atom. The van der Waals surface area contributed by atoms with Gasteiger partial charge in [0.2, 0.25) is 0 Å². The van der Waals surface area contributed by atoms with E-state index < -0.39 is 10.8 Å². The van der Waals surface area contributed by atoms with Crippen LogP contribution in [0.3, 0.4) is 0 Å². The molecule has 0 saturated heterocycles. The molecule has 1 aromatic heterocycles. The number of aromatic nitrogens is 1. The largest absolute Gasteiger partial charge is 0.364 e. The van der Waals surface area contributed by atoms with Crippen LogP contribution in [0.1, 0.15) is 36.9 Å². The molecule has 8 heteroatoms. The van der Waals surface area contributed by atoms with Gasteiger partial charge in [0.25, 0.3) is 11.6 Å². The number of hydrogen-bond acceptors (Lipinski definition) is 6. The maximum atomic E-state index is 13.0. The molecule has 0 unspecified atom stereocenters. The number of rotatable bonds is 7. The van der Waals surface area contributed by atoms with Gasteiger partial charge in [0.05, 0.1) is 4.92 Å². The van der Waals surface area contributed by atoms with E-state index >= 15 is 0 Å². The number of nitro groups is 1. The van der Waals surface area contributed by atoms with E-state index in [1.54, 1.807) is 19.1 Å². The second kappa shape index (κ2) is 8.77. The number of hydrogen-bond donors (Lipinski definition) is 1. The zero-order chi connectivity index (χ0) is 21.8. The number of carbonyl (C=O) groups is 1. The van der Waals surface area contributed by atoms with Gasteiger partial charge < -0.3 is 14.7 Å². The van der Waals surface area contributed by atoms with Crippen LogP contribution < -0.4 is 10.2 Å². The molecule has 0 bridgehead atoms. The van der Waals surface area contributed by atoms with Gasteiger partial charge in [0.15, 0.2) is 0 Å². The van der Waals surface area contributed by atoms with Gasteiger partial charge in [-0.05, 0) is 39.8 Å². The molecular weight excluding hydrogens is 384 g/mol. The van der Waals surface area contributed by atoms with Crippen molar-refractivity contribution in [2.24, 2.45) is 0 Å². The van der Waals surface area contributed by atoms with E-state index in [1.807, 2.05) is 56.0 Å². The van der Waals surface area contributed by atoms with Gasteiger partial charge in [-0.2, -0.15) is 0 Å². The first-order chi connectivity index (χ1) is 14.3. The zero-order valence-electron chi connectivity index (χ0n) is 17.4. The van der Waals surface area contributed by atoms with Crippen LogP contribution >= 0.6 is 0 Å². The molecule has 0 atom stereocenters. The van der Waals surface area contributed by atoms with Crippen molar-refractivity contribution in [2.45, 2.75) is 33.7 Å². The fraction of sp³-hybridized carbons (Fsp3) is 0.273. The number of nitro benzene ring substituents is 1. The summed E-state index contributed by atoms with van der Waals surface area (Å²) in [4.78, 5) is 26.1. The lowest BCUT2D eigenvalue weighted by Crippen LogP contribution is -2.30. The van der Waals surface area contributed by atoms with Gasteiger partial charge in [-0.15, -0.1) is 0 Å². The van der Waals surface area contributed by atoms with E-state index in [1.165, 1.54) is 6.07 Å². The topological polar surface area (TPSA) is 102 Å². The Bertz CT molecular complexity index is 1060. The summed E-state index contributed by atoms with van der Waals surface area (Å²) in [6.07, 6.45) is 0. The molecule has 2 aromatic carbocycles. The predicted octanol–water partition coefficient (Wildman–Crippen LogP) is 5.05. The van der Waals surface area contributed by atoms with E-state index in [9.17, 15) is 14.9 Å². The fourth-order valence-electron chi connectivity index (χ4n) is 3.43. The summed E-state index contributed by atoms with van der Waals surface area (Å²) in [7, 11) is 0. The number of benzene rings is 2. The normalized spacial score (nSPS) is 10.8. The molecule has 8 nitrogen and oxygen atoms in total. The highest BCUT2D eigenvalue weighted by Crippen LogP contribution is 2.33. The molecule has 0 aliphatic rings. The Morgan fingerprint density at radius 1 is 1.23 bits per heavy atom. The van der Waals surface area contributed by atoms with Crippen molar-refractivity contribution in [3.8, 4) is 11.3 Å². The molecule has 0 saturated carbocycles. The van der Waals surface area contributed by atoms with Crippen molar-refractivity contribution < 1.29 is 14.2 Å². The first kappa shape index (κ1) is 21.0. The van der Waals surface area contributed by atoms with Crippen LogP contribution in [0.25, 0.3) is 11.3 Å². The number of aryl methyl sites for hydroxylation is 1. The van der Waals surface area contributed by atoms with Gasteiger partial charge in [0.1, 0.15) is 22.7 Å². The van der Waals surface area contributed by atoms with E-state index in [-0.39, 0.29) is 11.7 Å². The maximum Gasteiger partial charge on any atom is 0.294 e. The summed E-state index contributed by atoms with van der Waals surface area (Å²) in [6.45, 7) is 8.18. The molecule has 0 fully saturated rings. The van der Waals surface area contributed by atoms with Crippen molar-refractivity contribution in [1.29, 1.82) is 0 Å². The third-order valence-corrected chi connectivity index (χ3v) is 4.84. The standard InChI is InChI=1S/C22H24N4O4/c1-5-25(14(2)3)18-12-11-17(13-19(18)26(28)29)23-22(27)20-15(4)30-24-21(20)16-9-7-6-8-10-16/h6-14H,5H2,1-4H3,(H,23,27). The molecule has 3 rings (SSSR count). The average Bonchev–Trinajstić information content (AvgIpc) is 3.11. The van der Waals surface area contributed by atoms with Crippen molar-refractivity contribution in [3.63, 3.8) is 0 Å². The van der Waals surface area contributed by atoms with Gasteiger partial charge in [-0.25, -0.2) is 0 Å². The van der Waals surface area contributed by atoms with Crippen LogP contribution in [0.15, 0.2) is 53.1 Å². The van der Waals surface area contributed by atoms with Crippen molar-refractivity contribution in [2.75, 3.05) is 16.8 Å². The zero-order valence-corrected chi connectivity index (χ0v) is 17.4. The van der Waals surface area contributed by atoms with E-state index in [2.05, 4.69) is 10.5 Å². The quantitative estimate of drug-likeness (QED) is 0.434. The minimum Gasteiger partial charge on any atom is -0.364 e. The first-order valence-corrected chi connectivity index (χ1v) is 9.71. The Morgan fingerprint density at radius 3 is 2.53 bits per heavy atom. The van der Waals surface area contributed by atoms with Crippen LogP contribution in [-0.4, -0.2) is 28.6 Å². The number of amides is 1. The van der Waals surface area contributed by atoms with E-state index in [0.717, 1.165) is 5.56 Å². The number of nitrogens with one attached hydrogen (secondary N) is 1. The number of nitrogens with zero attached hydrogens (tertiary/aromatic N) is 3. The molecule has 1 heterocycles. The summed E-state index contributed by atoms with van der Waals surface area (Å²) < 4.78 is 5.24. The van der Waals surface area contributed by atoms with E-state index in [4.69, 9.17) is 4.52 Å². The Hall–Kier alpha value is -3.68. The monoisotopic (exact) mass is 408 g/mol. The smallest absolute Gasteiger partial charge is 0.294 e.